The number of nitrogens with zero attached hydrogens (tertiary/aromatic N) is 1. The summed E-state index contributed by atoms with van der Waals surface area (Å²) in [5.74, 6) is 0.239. The summed E-state index contributed by atoms with van der Waals surface area (Å²) < 4.78 is 38.8. The number of hydrogen-bond acceptors (Lipinski definition) is 5. The molecule has 0 atom stereocenters. The summed E-state index contributed by atoms with van der Waals surface area (Å²) in [6.07, 6.45) is 2.68. The van der Waals surface area contributed by atoms with Crippen LogP contribution in [0.15, 0.2) is 47.4 Å². The van der Waals surface area contributed by atoms with E-state index in [0.717, 1.165) is 19.3 Å². The first-order valence-electron chi connectivity index (χ1n) is 9.86. The van der Waals surface area contributed by atoms with E-state index < -0.39 is 15.9 Å². The van der Waals surface area contributed by atoms with Gasteiger partial charge in [0, 0.05) is 18.8 Å². The molecular weight excluding hydrogens is 428 g/mol. The van der Waals surface area contributed by atoms with Crippen molar-refractivity contribution in [2.24, 2.45) is 0 Å². The van der Waals surface area contributed by atoms with E-state index in [2.05, 4.69) is 5.32 Å². The molecule has 3 rings (SSSR count). The van der Waals surface area contributed by atoms with Gasteiger partial charge in [-0.05, 0) is 50.1 Å². The van der Waals surface area contributed by atoms with Gasteiger partial charge in [0.1, 0.15) is 16.4 Å². The van der Waals surface area contributed by atoms with E-state index in [0.29, 0.717) is 36.2 Å². The number of carbonyl (C=O) groups excluding carboxylic acids is 1. The highest BCUT2D eigenvalue weighted by atomic mass is 35.5. The fraction of sp³-hybridized carbons (Fsp3) is 0.381. The van der Waals surface area contributed by atoms with Gasteiger partial charge in [0.2, 0.25) is 10.0 Å². The number of ether oxygens (including phenoxy) is 2. The van der Waals surface area contributed by atoms with E-state index >= 15 is 0 Å². The largest absolute Gasteiger partial charge is 0.492 e. The molecule has 0 aliphatic carbocycles. The second-order valence-corrected chi connectivity index (χ2v) is 9.14. The molecule has 1 fully saturated rings. The minimum absolute atomic E-state index is 0.0519. The Morgan fingerprint density at radius 3 is 2.50 bits per heavy atom. The maximum absolute atomic E-state index is 13.2. The van der Waals surface area contributed by atoms with Crippen molar-refractivity contribution in [1.29, 1.82) is 0 Å². The van der Waals surface area contributed by atoms with Gasteiger partial charge in [-0.1, -0.05) is 30.2 Å². The van der Waals surface area contributed by atoms with Gasteiger partial charge < -0.3 is 14.8 Å². The molecule has 7 nitrogen and oxygen atoms in total. The lowest BCUT2D eigenvalue weighted by molar-refractivity contribution is -0.118. The van der Waals surface area contributed by atoms with Gasteiger partial charge >= 0.3 is 0 Å². The van der Waals surface area contributed by atoms with Gasteiger partial charge in [-0.15, -0.1) is 0 Å². The molecule has 1 aliphatic heterocycles. The van der Waals surface area contributed by atoms with Gasteiger partial charge in [-0.3, -0.25) is 4.79 Å². The quantitative estimate of drug-likeness (QED) is 0.655. The molecule has 1 amide bonds. The third-order valence-corrected chi connectivity index (χ3v) is 6.89. The predicted molar refractivity (Wildman–Crippen MR) is 116 cm³/mol. The van der Waals surface area contributed by atoms with Crippen LogP contribution in [0, 0.1) is 0 Å². The van der Waals surface area contributed by atoms with Gasteiger partial charge in [-0.25, -0.2) is 8.42 Å². The summed E-state index contributed by atoms with van der Waals surface area (Å²) in [5.41, 5.74) is 0.349. The average Bonchev–Trinajstić information content (AvgIpc) is 2.75. The zero-order valence-electron chi connectivity index (χ0n) is 16.8. The fourth-order valence-corrected chi connectivity index (χ4v) is 5.07. The summed E-state index contributed by atoms with van der Waals surface area (Å²) in [5, 5.41) is 3.07. The van der Waals surface area contributed by atoms with Crippen molar-refractivity contribution in [3.8, 4) is 11.5 Å². The molecule has 9 heteroatoms. The Labute approximate surface area is 182 Å². The first-order valence-corrected chi connectivity index (χ1v) is 11.7. The number of benzene rings is 2. The smallest absolute Gasteiger partial charge is 0.262 e. The number of amides is 1. The van der Waals surface area contributed by atoms with Crippen LogP contribution in [0.1, 0.15) is 26.2 Å². The van der Waals surface area contributed by atoms with Crippen LogP contribution in [-0.4, -0.2) is 44.9 Å². The molecule has 0 spiro atoms. The molecule has 2 aromatic rings. The minimum atomic E-state index is -3.73. The number of halogens is 1. The zero-order chi connectivity index (χ0) is 21.6. The van der Waals surface area contributed by atoms with Crippen LogP contribution in [0.5, 0.6) is 11.5 Å². The lowest BCUT2D eigenvalue weighted by Crippen LogP contribution is -2.35. The highest BCUT2D eigenvalue weighted by Crippen LogP contribution is 2.31. The van der Waals surface area contributed by atoms with Crippen molar-refractivity contribution >= 4 is 33.2 Å². The lowest BCUT2D eigenvalue weighted by Gasteiger charge is -2.27. The van der Waals surface area contributed by atoms with Crippen LogP contribution in [0.4, 0.5) is 5.69 Å². The number of nitrogens with one attached hydrogen (secondary N) is 1. The molecule has 30 heavy (non-hydrogen) atoms. The SMILES string of the molecule is CCOc1ccc(NC(=O)COc2ccccc2Cl)cc1S(=O)(=O)N1CCCCC1. The molecule has 1 aliphatic rings. The first-order chi connectivity index (χ1) is 14.4. The standard InChI is InChI=1S/C21H25ClN2O5S/c1-2-28-19-11-10-16(14-20(19)30(26,27)24-12-6-3-7-13-24)23-21(25)15-29-18-9-5-4-8-17(18)22/h4-5,8-11,14H,2-3,6-7,12-13,15H2,1H3,(H,23,25). The maximum Gasteiger partial charge on any atom is 0.262 e. The van der Waals surface area contributed by atoms with Crippen LogP contribution >= 0.6 is 11.6 Å². The first kappa shape index (κ1) is 22.4. The summed E-state index contributed by atoms with van der Waals surface area (Å²) >= 11 is 6.02. The number of anilines is 1. The third-order valence-electron chi connectivity index (χ3n) is 4.66. The van der Waals surface area contributed by atoms with Crippen LogP contribution in [-0.2, 0) is 14.8 Å². The molecule has 1 N–H and O–H groups in total. The fourth-order valence-electron chi connectivity index (χ4n) is 3.21. The van der Waals surface area contributed by atoms with Crippen molar-refractivity contribution in [2.45, 2.75) is 31.1 Å². The second kappa shape index (κ2) is 10.1. The monoisotopic (exact) mass is 452 g/mol. The Balaban J connectivity index is 1.76. The molecule has 1 heterocycles. The Kier molecular flexibility index (Phi) is 7.58. The number of piperidine rings is 1. The molecule has 0 saturated carbocycles. The minimum Gasteiger partial charge on any atom is -0.492 e. The van der Waals surface area contributed by atoms with E-state index in [1.807, 2.05) is 0 Å². The Morgan fingerprint density at radius 1 is 1.07 bits per heavy atom. The number of para-hydroxylation sites is 1. The molecule has 0 bridgehead atoms. The molecule has 0 aromatic heterocycles. The topological polar surface area (TPSA) is 84.9 Å². The van der Waals surface area contributed by atoms with Crippen molar-refractivity contribution in [1.82, 2.24) is 4.31 Å². The molecule has 2 aromatic carbocycles. The molecular formula is C21H25ClN2O5S. The summed E-state index contributed by atoms with van der Waals surface area (Å²) in [4.78, 5) is 12.4. The van der Waals surface area contributed by atoms with E-state index in [1.165, 1.54) is 10.4 Å². The summed E-state index contributed by atoms with van der Waals surface area (Å²) in [6, 6.07) is 11.4. The van der Waals surface area contributed by atoms with E-state index in [1.54, 1.807) is 43.3 Å². The number of sulfonamides is 1. The van der Waals surface area contributed by atoms with Gasteiger partial charge in [0.25, 0.3) is 5.91 Å². The molecule has 162 valence electrons. The average molecular weight is 453 g/mol. The normalized spacial score (nSPS) is 14.9. The molecule has 0 radical (unpaired) electrons. The summed E-state index contributed by atoms with van der Waals surface area (Å²) in [7, 11) is -3.73. The summed E-state index contributed by atoms with van der Waals surface area (Å²) in [6.45, 7) is 2.83. The van der Waals surface area contributed by atoms with E-state index in [9.17, 15) is 13.2 Å². The Morgan fingerprint density at radius 2 is 1.80 bits per heavy atom. The maximum atomic E-state index is 13.2. The van der Waals surface area contributed by atoms with Gasteiger partial charge in [0.15, 0.2) is 6.61 Å². The van der Waals surface area contributed by atoms with Crippen LogP contribution < -0.4 is 14.8 Å². The van der Waals surface area contributed by atoms with E-state index in [-0.39, 0.29) is 17.3 Å². The Hall–Kier alpha value is -2.29. The van der Waals surface area contributed by atoms with Gasteiger partial charge in [-0.2, -0.15) is 4.31 Å². The molecule has 0 unspecified atom stereocenters. The van der Waals surface area contributed by atoms with Crippen molar-refractivity contribution < 1.29 is 22.7 Å². The number of rotatable bonds is 8. The lowest BCUT2D eigenvalue weighted by atomic mass is 10.2. The number of hydrogen-bond donors (Lipinski definition) is 1. The van der Waals surface area contributed by atoms with Crippen molar-refractivity contribution in [2.75, 3.05) is 31.6 Å². The predicted octanol–water partition coefficient (Wildman–Crippen LogP) is 3.93. The van der Waals surface area contributed by atoms with Crippen molar-refractivity contribution in [3.63, 3.8) is 0 Å². The number of carbonyl (C=O) groups is 1. The van der Waals surface area contributed by atoms with Crippen LogP contribution in [0.2, 0.25) is 5.02 Å². The zero-order valence-corrected chi connectivity index (χ0v) is 18.3. The second-order valence-electron chi connectivity index (χ2n) is 6.83. The van der Waals surface area contributed by atoms with Gasteiger partial charge in [0.05, 0.1) is 11.6 Å². The van der Waals surface area contributed by atoms with Crippen LogP contribution in [0.3, 0.4) is 0 Å². The van der Waals surface area contributed by atoms with E-state index in [4.69, 9.17) is 21.1 Å². The third kappa shape index (κ3) is 5.44. The van der Waals surface area contributed by atoms with Crippen LogP contribution in [0.25, 0.3) is 0 Å². The van der Waals surface area contributed by atoms with Crippen molar-refractivity contribution in [3.05, 3.63) is 47.5 Å². The molecule has 1 saturated heterocycles. The highest BCUT2D eigenvalue weighted by Gasteiger charge is 2.29. The Bertz CT molecular complexity index is 991. The highest BCUT2D eigenvalue weighted by molar-refractivity contribution is 7.89.